The first-order chi connectivity index (χ1) is 13.1. The first kappa shape index (κ1) is 17.9. The summed E-state index contributed by atoms with van der Waals surface area (Å²) in [5.41, 5.74) is 1.10. The highest BCUT2D eigenvalue weighted by Crippen LogP contribution is 2.35. The van der Waals surface area contributed by atoms with Crippen LogP contribution in [0.25, 0.3) is 10.2 Å². The van der Waals surface area contributed by atoms with E-state index in [1.807, 2.05) is 12.1 Å². The summed E-state index contributed by atoms with van der Waals surface area (Å²) in [5, 5.41) is 0.699. The highest BCUT2D eigenvalue weighted by atomic mass is 35.5. The van der Waals surface area contributed by atoms with E-state index in [-0.39, 0.29) is 17.1 Å². The number of thiazole rings is 1. The van der Waals surface area contributed by atoms with E-state index in [2.05, 4.69) is 10.9 Å². The predicted molar refractivity (Wildman–Crippen MR) is 106 cm³/mol. The van der Waals surface area contributed by atoms with Gasteiger partial charge in [0.25, 0.3) is 5.91 Å². The Labute approximate surface area is 168 Å². The van der Waals surface area contributed by atoms with Crippen LogP contribution in [0.3, 0.4) is 0 Å². The number of fused-ring (bicyclic) bond motifs is 2. The second kappa shape index (κ2) is 7.28. The Morgan fingerprint density at radius 3 is 2.67 bits per heavy atom. The van der Waals surface area contributed by atoms with Crippen LogP contribution in [-0.4, -0.2) is 23.7 Å². The second-order valence-electron chi connectivity index (χ2n) is 5.68. The minimum Gasteiger partial charge on any atom is -0.486 e. The van der Waals surface area contributed by atoms with Crippen molar-refractivity contribution in [1.29, 1.82) is 0 Å². The third-order valence-electron chi connectivity index (χ3n) is 3.95. The first-order valence-corrected chi connectivity index (χ1v) is 9.54. The number of rotatable bonds is 2. The number of halogens is 2. The van der Waals surface area contributed by atoms with Crippen molar-refractivity contribution in [3.05, 3.63) is 50.7 Å². The molecule has 5 nitrogen and oxygen atoms in total. The summed E-state index contributed by atoms with van der Waals surface area (Å²) in [6, 6.07) is 8.39. The van der Waals surface area contributed by atoms with Crippen LogP contribution in [0.15, 0.2) is 35.3 Å². The molecule has 1 aliphatic heterocycles. The van der Waals surface area contributed by atoms with Crippen molar-refractivity contribution in [3.63, 3.8) is 0 Å². The van der Waals surface area contributed by atoms with Crippen LogP contribution in [-0.2, 0) is 6.54 Å². The maximum Gasteiger partial charge on any atom is 0.281 e. The summed E-state index contributed by atoms with van der Waals surface area (Å²) in [5.74, 6) is 3.45. The molecule has 0 saturated carbocycles. The fourth-order valence-electron chi connectivity index (χ4n) is 2.75. The van der Waals surface area contributed by atoms with Crippen LogP contribution < -0.4 is 14.3 Å². The number of hydrogen-bond donors (Lipinski definition) is 0. The summed E-state index contributed by atoms with van der Waals surface area (Å²) < 4.78 is 13.9. The Kier molecular flexibility index (Phi) is 4.83. The summed E-state index contributed by atoms with van der Waals surface area (Å²) >= 11 is 13.4. The average molecular weight is 419 g/mol. The third kappa shape index (κ3) is 3.42. The summed E-state index contributed by atoms with van der Waals surface area (Å²) in [4.78, 5) is 17.3. The monoisotopic (exact) mass is 418 g/mol. The van der Waals surface area contributed by atoms with Gasteiger partial charge in [-0.2, -0.15) is 4.99 Å². The fourth-order valence-corrected chi connectivity index (χ4v) is 4.27. The van der Waals surface area contributed by atoms with Gasteiger partial charge in [-0.3, -0.25) is 4.79 Å². The number of amides is 1. The summed E-state index contributed by atoms with van der Waals surface area (Å²) in [7, 11) is 0. The zero-order chi connectivity index (χ0) is 19.0. The molecule has 2 heterocycles. The lowest BCUT2D eigenvalue weighted by Crippen LogP contribution is -2.17. The van der Waals surface area contributed by atoms with Gasteiger partial charge in [0, 0.05) is 17.2 Å². The molecule has 136 valence electrons. The molecule has 3 aromatic rings. The van der Waals surface area contributed by atoms with Crippen LogP contribution in [0.1, 0.15) is 10.4 Å². The van der Waals surface area contributed by atoms with Gasteiger partial charge in [0.2, 0.25) is 0 Å². The SMILES string of the molecule is C#CCn1c(=NC(=O)c2ccc(Cl)cc2Cl)sc2cc3c(cc21)OCCO3. The largest absolute Gasteiger partial charge is 0.486 e. The van der Waals surface area contributed by atoms with Gasteiger partial charge in [0.1, 0.15) is 13.2 Å². The van der Waals surface area contributed by atoms with E-state index in [4.69, 9.17) is 39.1 Å². The van der Waals surface area contributed by atoms with Gasteiger partial charge in [-0.25, -0.2) is 0 Å². The van der Waals surface area contributed by atoms with Crippen LogP contribution >= 0.6 is 34.5 Å². The molecule has 0 N–H and O–H groups in total. The van der Waals surface area contributed by atoms with E-state index < -0.39 is 5.91 Å². The van der Waals surface area contributed by atoms with Crippen LogP contribution in [0, 0.1) is 12.3 Å². The minimum absolute atomic E-state index is 0.248. The van der Waals surface area contributed by atoms with Gasteiger partial charge in [-0.15, -0.1) is 6.42 Å². The molecule has 0 spiro atoms. The van der Waals surface area contributed by atoms with Crippen molar-refractivity contribution in [2.75, 3.05) is 13.2 Å². The van der Waals surface area contributed by atoms with Gasteiger partial charge in [0.05, 0.1) is 27.3 Å². The number of terminal acetylenes is 1. The van der Waals surface area contributed by atoms with Gasteiger partial charge in [-0.1, -0.05) is 40.5 Å². The maximum atomic E-state index is 12.6. The smallest absolute Gasteiger partial charge is 0.281 e. The highest BCUT2D eigenvalue weighted by Gasteiger charge is 2.17. The molecule has 0 saturated heterocycles. The van der Waals surface area contributed by atoms with Crippen molar-refractivity contribution >= 4 is 50.7 Å². The molecule has 0 bridgehead atoms. The molecule has 0 fully saturated rings. The zero-order valence-electron chi connectivity index (χ0n) is 13.9. The maximum absolute atomic E-state index is 12.6. The Morgan fingerprint density at radius 1 is 1.22 bits per heavy atom. The number of hydrogen-bond acceptors (Lipinski definition) is 4. The number of benzene rings is 2. The Bertz CT molecular complexity index is 1170. The molecule has 27 heavy (non-hydrogen) atoms. The van der Waals surface area contributed by atoms with Crippen LogP contribution in [0.4, 0.5) is 0 Å². The van der Waals surface area contributed by atoms with Crippen molar-refractivity contribution in [1.82, 2.24) is 4.57 Å². The Hall–Kier alpha value is -2.46. The molecule has 0 radical (unpaired) electrons. The first-order valence-electron chi connectivity index (χ1n) is 7.97. The van der Waals surface area contributed by atoms with Crippen LogP contribution in [0.5, 0.6) is 11.5 Å². The number of ether oxygens (including phenoxy) is 2. The number of carbonyl (C=O) groups excluding carboxylic acids is 1. The van der Waals surface area contributed by atoms with Crippen molar-refractivity contribution in [2.45, 2.75) is 6.54 Å². The Balaban J connectivity index is 1.87. The van der Waals surface area contributed by atoms with Crippen molar-refractivity contribution in [2.24, 2.45) is 4.99 Å². The minimum atomic E-state index is -0.466. The number of aromatic nitrogens is 1. The van der Waals surface area contributed by atoms with E-state index in [1.165, 1.54) is 17.4 Å². The van der Waals surface area contributed by atoms with E-state index >= 15 is 0 Å². The van der Waals surface area contributed by atoms with Crippen molar-refractivity contribution in [3.8, 4) is 23.8 Å². The van der Waals surface area contributed by atoms with Gasteiger partial charge in [-0.05, 0) is 18.2 Å². The van der Waals surface area contributed by atoms with E-state index in [0.29, 0.717) is 34.5 Å². The molecular formula is C19H12Cl2N2O3S. The molecule has 1 aromatic heterocycles. The molecule has 0 atom stereocenters. The fraction of sp³-hybridized carbons (Fsp3) is 0.158. The zero-order valence-corrected chi connectivity index (χ0v) is 16.2. The molecular weight excluding hydrogens is 407 g/mol. The molecule has 0 unspecified atom stereocenters. The van der Waals surface area contributed by atoms with Crippen molar-refractivity contribution < 1.29 is 14.3 Å². The topological polar surface area (TPSA) is 52.8 Å². The van der Waals surface area contributed by atoms with E-state index in [0.717, 1.165) is 10.2 Å². The summed E-state index contributed by atoms with van der Waals surface area (Å²) in [6.07, 6.45) is 5.52. The normalized spacial score (nSPS) is 13.6. The second-order valence-corrected chi connectivity index (χ2v) is 7.53. The molecule has 4 rings (SSSR count). The molecule has 0 aliphatic carbocycles. The van der Waals surface area contributed by atoms with Gasteiger partial charge in [0.15, 0.2) is 16.3 Å². The lowest BCUT2D eigenvalue weighted by atomic mass is 10.2. The molecule has 1 aliphatic rings. The van der Waals surface area contributed by atoms with E-state index in [1.54, 1.807) is 16.7 Å². The standard InChI is InChI=1S/C19H12Cl2N2O3S/c1-2-5-23-14-9-15-16(26-7-6-25-15)10-17(14)27-19(23)22-18(24)12-4-3-11(20)8-13(12)21/h1,3-4,8-10H,5-7H2. The number of carbonyl (C=O) groups is 1. The van der Waals surface area contributed by atoms with Gasteiger partial charge < -0.3 is 14.0 Å². The lowest BCUT2D eigenvalue weighted by Gasteiger charge is -2.18. The Morgan fingerprint density at radius 2 is 1.96 bits per heavy atom. The molecule has 2 aromatic carbocycles. The van der Waals surface area contributed by atoms with E-state index in [9.17, 15) is 4.79 Å². The quantitative estimate of drug-likeness (QED) is 0.587. The number of nitrogens with zero attached hydrogens (tertiary/aromatic N) is 2. The molecule has 8 heteroatoms. The third-order valence-corrected chi connectivity index (χ3v) is 5.54. The highest BCUT2D eigenvalue weighted by molar-refractivity contribution is 7.16. The average Bonchev–Trinajstić information content (AvgIpc) is 2.96. The predicted octanol–water partition coefficient (Wildman–Crippen LogP) is 4.16. The van der Waals surface area contributed by atoms with Gasteiger partial charge >= 0.3 is 0 Å². The van der Waals surface area contributed by atoms with Crippen LogP contribution in [0.2, 0.25) is 10.0 Å². The lowest BCUT2D eigenvalue weighted by molar-refractivity contribution is 0.0998. The molecule has 1 amide bonds. The summed E-state index contributed by atoms with van der Waals surface area (Å²) in [6.45, 7) is 1.25.